The third-order valence-electron chi connectivity index (χ3n) is 7.26. The van der Waals surface area contributed by atoms with E-state index >= 15 is 0 Å². The zero-order valence-corrected chi connectivity index (χ0v) is 21.7. The summed E-state index contributed by atoms with van der Waals surface area (Å²) >= 11 is 0. The molecule has 3 N–H and O–H groups in total. The smallest absolute Gasteiger partial charge is 0.181 e. The van der Waals surface area contributed by atoms with Gasteiger partial charge >= 0.3 is 0 Å². The Morgan fingerprint density at radius 3 is 2.54 bits per heavy atom. The standard InChI is InChI=1S/C29H37N5O3/c1-20(2)31-29(35)32-22-8-6-21(7-9-22)28-26(19-30)25-11-10-24(18-27(25)34(28)23-4-3-5-23)37-17-14-33-12-15-36-16-13-33/h6-11,18,20,23,29,31-32,35H,3-5,12-17H2,1-2H3. The summed E-state index contributed by atoms with van der Waals surface area (Å²) in [5.41, 5.74) is 4.51. The zero-order chi connectivity index (χ0) is 25.8. The number of anilines is 1. The van der Waals surface area contributed by atoms with Gasteiger partial charge in [0, 0.05) is 48.9 Å². The Labute approximate surface area is 218 Å². The number of nitrogens with one attached hydrogen (secondary N) is 2. The largest absolute Gasteiger partial charge is 0.492 e. The number of fused-ring (bicyclic) bond motifs is 1. The minimum Gasteiger partial charge on any atom is -0.492 e. The number of aliphatic hydroxyl groups is 1. The molecule has 1 aliphatic heterocycles. The Balaban J connectivity index is 1.42. The first kappa shape index (κ1) is 25.6. The van der Waals surface area contributed by atoms with Crippen molar-refractivity contribution in [3.63, 3.8) is 0 Å². The Morgan fingerprint density at radius 2 is 1.89 bits per heavy atom. The number of nitriles is 1. The van der Waals surface area contributed by atoms with E-state index in [2.05, 4.69) is 32.2 Å². The van der Waals surface area contributed by atoms with Crippen molar-refractivity contribution in [1.29, 1.82) is 5.26 Å². The van der Waals surface area contributed by atoms with Gasteiger partial charge in [0.15, 0.2) is 6.35 Å². The monoisotopic (exact) mass is 503 g/mol. The first-order chi connectivity index (χ1) is 18.0. The van der Waals surface area contributed by atoms with Gasteiger partial charge in [-0.3, -0.25) is 10.2 Å². The number of aromatic nitrogens is 1. The van der Waals surface area contributed by atoms with Crippen molar-refractivity contribution in [2.45, 2.75) is 51.5 Å². The number of ether oxygens (including phenoxy) is 2. The lowest BCUT2D eigenvalue weighted by molar-refractivity contribution is 0.0322. The van der Waals surface area contributed by atoms with E-state index in [0.717, 1.165) is 79.3 Å². The topological polar surface area (TPSA) is 94.7 Å². The molecule has 0 radical (unpaired) electrons. The second kappa shape index (κ2) is 11.5. The van der Waals surface area contributed by atoms with Crippen LogP contribution in [0.1, 0.15) is 44.7 Å². The number of hydrogen-bond acceptors (Lipinski definition) is 7. The van der Waals surface area contributed by atoms with E-state index in [1.807, 2.05) is 50.2 Å². The molecule has 0 amide bonds. The molecule has 1 aromatic heterocycles. The molecule has 1 saturated carbocycles. The van der Waals surface area contributed by atoms with E-state index < -0.39 is 6.35 Å². The van der Waals surface area contributed by atoms with Gasteiger partial charge in [-0.2, -0.15) is 5.26 Å². The minimum absolute atomic E-state index is 0.159. The van der Waals surface area contributed by atoms with Gasteiger partial charge in [0.2, 0.25) is 0 Å². The summed E-state index contributed by atoms with van der Waals surface area (Å²) < 4.78 is 13.9. The molecule has 2 heterocycles. The van der Waals surface area contributed by atoms with Crippen molar-refractivity contribution in [2.24, 2.45) is 0 Å². The number of nitrogens with zero attached hydrogens (tertiary/aromatic N) is 3. The molecule has 196 valence electrons. The van der Waals surface area contributed by atoms with Crippen molar-refractivity contribution >= 4 is 16.6 Å². The molecule has 5 rings (SSSR count). The molecule has 8 nitrogen and oxygen atoms in total. The van der Waals surface area contributed by atoms with Crippen LogP contribution in [-0.2, 0) is 4.74 Å². The van der Waals surface area contributed by atoms with Crippen LogP contribution >= 0.6 is 0 Å². The van der Waals surface area contributed by atoms with Gasteiger partial charge in [-0.05, 0) is 62.9 Å². The van der Waals surface area contributed by atoms with Gasteiger partial charge in [0.1, 0.15) is 18.4 Å². The molecular formula is C29H37N5O3. The van der Waals surface area contributed by atoms with Crippen LogP contribution in [0.4, 0.5) is 5.69 Å². The molecule has 2 fully saturated rings. The lowest BCUT2D eigenvalue weighted by Gasteiger charge is -2.30. The van der Waals surface area contributed by atoms with Gasteiger partial charge in [0.25, 0.3) is 0 Å². The minimum atomic E-state index is -0.830. The van der Waals surface area contributed by atoms with E-state index in [1.54, 1.807) is 0 Å². The van der Waals surface area contributed by atoms with E-state index in [9.17, 15) is 10.4 Å². The number of aliphatic hydroxyl groups excluding tert-OH is 1. The fourth-order valence-electron chi connectivity index (χ4n) is 5.16. The summed E-state index contributed by atoms with van der Waals surface area (Å²) in [6.45, 7) is 8.93. The fourth-order valence-corrected chi connectivity index (χ4v) is 5.16. The average molecular weight is 504 g/mol. The van der Waals surface area contributed by atoms with Crippen molar-refractivity contribution in [3.05, 3.63) is 48.0 Å². The molecule has 3 aromatic rings. The molecule has 8 heteroatoms. The second-order valence-electron chi connectivity index (χ2n) is 10.2. The summed E-state index contributed by atoms with van der Waals surface area (Å²) in [4.78, 5) is 2.36. The van der Waals surface area contributed by atoms with E-state index in [1.165, 1.54) is 6.42 Å². The molecule has 0 spiro atoms. The summed E-state index contributed by atoms with van der Waals surface area (Å²) in [6.07, 6.45) is 2.58. The number of benzene rings is 2. The van der Waals surface area contributed by atoms with Crippen LogP contribution in [0.3, 0.4) is 0 Å². The van der Waals surface area contributed by atoms with E-state index in [0.29, 0.717) is 18.2 Å². The molecule has 1 atom stereocenters. The summed E-state index contributed by atoms with van der Waals surface area (Å²) in [5.74, 6) is 0.834. The Kier molecular flexibility index (Phi) is 7.96. The van der Waals surface area contributed by atoms with Crippen LogP contribution in [0.15, 0.2) is 42.5 Å². The maximum Gasteiger partial charge on any atom is 0.181 e. The third kappa shape index (κ3) is 5.76. The predicted octanol–water partition coefficient (Wildman–Crippen LogP) is 4.30. The SMILES string of the molecule is CC(C)NC(O)Nc1ccc(-c2c(C#N)c3ccc(OCCN4CCOCC4)cc3n2C2CCC2)cc1. The van der Waals surface area contributed by atoms with Crippen LogP contribution in [0, 0.1) is 11.3 Å². The van der Waals surface area contributed by atoms with Crippen LogP contribution in [0.2, 0.25) is 0 Å². The van der Waals surface area contributed by atoms with Crippen LogP contribution in [0.25, 0.3) is 22.2 Å². The molecule has 0 bridgehead atoms. The van der Waals surface area contributed by atoms with E-state index in [4.69, 9.17) is 9.47 Å². The predicted molar refractivity (Wildman–Crippen MR) is 146 cm³/mol. The Morgan fingerprint density at radius 1 is 1.14 bits per heavy atom. The van der Waals surface area contributed by atoms with Crippen molar-refractivity contribution in [1.82, 2.24) is 14.8 Å². The van der Waals surface area contributed by atoms with Crippen LogP contribution < -0.4 is 15.4 Å². The highest BCUT2D eigenvalue weighted by Gasteiger charge is 2.28. The number of hydrogen-bond donors (Lipinski definition) is 3. The third-order valence-corrected chi connectivity index (χ3v) is 7.26. The zero-order valence-electron chi connectivity index (χ0n) is 21.7. The van der Waals surface area contributed by atoms with Crippen molar-refractivity contribution in [3.8, 4) is 23.1 Å². The number of rotatable bonds is 10. The van der Waals surface area contributed by atoms with Gasteiger partial charge in [-0.15, -0.1) is 0 Å². The Bertz CT molecular complexity index is 1240. The maximum atomic E-state index is 10.2. The highest BCUT2D eigenvalue weighted by Crippen LogP contribution is 2.43. The molecule has 1 saturated heterocycles. The summed E-state index contributed by atoms with van der Waals surface area (Å²) in [7, 11) is 0. The molecule has 37 heavy (non-hydrogen) atoms. The molecular weight excluding hydrogens is 466 g/mol. The summed E-state index contributed by atoms with van der Waals surface area (Å²) in [6, 6.07) is 17.1. The highest BCUT2D eigenvalue weighted by molar-refractivity contribution is 5.95. The normalized spacial score (nSPS) is 17.5. The van der Waals surface area contributed by atoms with Crippen LogP contribution in [0.5, 0.6) is 5.75 Å². The first-order valence-electron chi connectivity index (χ1n) is 13.4. The Hall–Kier alpha value is -3.09. The lowest BCUT2D eigenvalue weighted by Crippen LogP contribution is -2.40. The molecule has 1 unspecified atom stereocenters. The van der Waals surface area contributed by atoms with Gasteiger partial charge in [0.05, 0.1) is 30.0 Å². The van der Waals surface area contributed by atoms with Crippen LogP contribution in [-0.4, -0.2) is 66.4 Å². The van der Waals surface area contributed by atoms with Gasteiger partial charge in [-0.25, -0.2) is 0 Å². The molecule has 1 aliphatic carbocycles. The molecule has 2 aromatic carbocycles. The van der Waals surface area contributed by atoms with Gasteiger partial charge < -0.3 is 24.5 Å². The van der Waals surface area contributed by atoms with Crippen molar-refractivity contribution in [2.75, 3.05) is 44.8 Å². The second-order valence-corrected chi connectivity index (χ2v) is 10.2. The molecule has 2 aliphatic rings. The number of morpholine rings is 1. The first-order valence-corrected chi connectivity index (χ1v) is 13.4. The fraction of sp³-hybridized carbons (Fsp3) is 0.483. The van der Waals surface area contributed by atoms with Crippen molar-refractivity contribution < 1.29 is 14.6 Å². The summed E-state index contributed by atoms with van der Waals surface area (Å²) in [5, 5.41) is 27.4. The van der Waals surface area contributed by atoms with E-state index in [-0.39, 0.29) is 6.04 Å². The maximum absolute atomic E-state index is 10.2. The highest BCUT2D eigenvalue weighted by atomic mass is 16.5. The quantitative estimate of drug-likeness (QED) is 0.355. The average Bonchev–Trinajstić information content (AvgIpc) is 3.17. The van der Waals surface area contributed by atoms with Gasteiger partial charge in [-0.1, -0.05) is 12.1 Å². The lowest BCUT2D eigenvalue weighted by atomic mass is 9.92.